The molecule has 1 rings (SSSR count). The number of carbonyl (C=O) groups excluding carboxylic acids is 1. The van der Waals surface area contributed by atoms with Gasteiger partial charge in [-0.05, 0) is 39.7 Å². The van der Waals surface area contributed by atoms with Gasteiger partial charge in [0.2, 0.25) is 5.91 Å². The Kier molecular flexibility index (Phi) is 5.40. The van der Waals surface area contributed by atoms with Gasteiger partial charge in [0, 0.05) is 20.1 Å². The predicted molar refractivity (Wildman–Crippen MR) is 68.8 cm³/mol. The van der Waals surface area contributed by atoms with Crippen molar-refractivity contribution in [3.63, 3.8) is 0 Å². The Morgan fingerprint density at radius 1 is 1.41 bits per heavy atom. The van der Waals surface area contributed by atoms with Crippen molar-refractivity contribution in [2.75, 3.05) is 20.6 Å². The van der Waals surface area contributed by atoms with E-state index in [2.05, 4.69) is 4.90 Å². The van der Waals surface area contributed by atoms with E-state index >= 15 is 0 Å². The van der Waals surface area contributed by atoms with Gasteiger partial charge in [-0.1, -0.05) is 6.42 Å². The van der Waals surface area contributed by atoms with Crippen LogP contribution in [0.5, 0.6) is 0 Å². The average Bonchev–Trinajstić information content (AvgIpc) is 2.27. The number of hydrogen-bond donors (Lipinski definition) is 1. The molecule has 3 atom stereocenters. The minimum absolute atomic E-state index is 0.0750. The molecule has 1 fully saturated rings. The van der Waals surface area contributed by atoms with Gasteiger partial charge in [0.05, 0.1) is 12.1 Å². The van der Waals surface area contributed by atoms with E-state index in [0.717, 1.165) is 25.8 Å². The summed E-state index contributed by atoms with van der Waals surface area (Å²) in [6.45, 7) is 4.77. The standard InChI is InChI=1S/C13H26N2O2/c1-10(16)9-12-7-5-6-8-15(12)11(2)13(17)14(3)4/h10-12,16H,5-9H2,1-4H3. The van der Waals surface area contributed by atoms with Crippen LogP contribution in [0.2, 0.25) is 0 Å². The number of piperidine rings is 1. The monoisotopic (exact) mass is 242 g/mol. The van der Waals surface area contributed by atoms with Crippen molar-refractivity contribution in [1.29, 1.82) is 0 Å². The van der Waals surface area contributed by atoms with Crippen LogP contribution in [0.25, 0.3) is 0 Å². The average molecular weight is 242 g/mol. The summed E-state index contributed by atoms with van der Waals surface area (Å²) in [5.41, 5.74) is 0. The molecule has 17 heavy (non-hydrogen) atoms. The molecular weight excluding hydrogens is 216 g/mol. The molecule has 0 aromatic heterocycles. The predicted octanol–water partition coefficient (Wildman–Crippen LogP) is 1.09. The van der Waals surface area contributed by atoms with Crippen LogP contribution in [-0.4, -0.2) is 59.6 Å². The molecule has 0 aromatic carbocycles. The van der Waals surface area contributed by atoms with Crippen molar-refractivity contribution in [2.24, 2.45) is 0 Å². The van der Waals surface area contributed by atoms with Gasteiger partial charge in [0.15, 0.2) is 0 Å². The van der Waals surface area contributed by atoms with E-state index in [0.29, 0.717) is 6.04 Å². The zero-order valence-electron chi connectivity index (χ0n) is 11.5. The van der Waals surface area contributed by atoms with Crippen molar-refractivity contribution in [1.82, 2.24) is 9.80 Å². The highest BCUT2D eigenvalue weighted by Gasteiger charge is 2.31. The summed E-state index contributed by atoms with van der Waals surface area (Å²) in [6.07, 6.45) is 3.93. The first-order valence-electron chi connectivity index (χ1n) is 6.58. The van der Waals surface area contributed by atoms with Gasteiger partial charge in [-0.2, -0.15) is 0 Å². The van der Waals surface area contributed by atoms with Crippen LogP contribution in [0.3, 0.4) is 0 Å². The molecule has 1 N–H and O–H groups in total. The van der Waals surface area contributed by atoms with Crippen molar-refractivity contribution in [3.05, 3.63) is 0 Å². The molecule has 4 nitrogen and oxygen atoms in total. The molecule has 0 saturated carbocycles. The van der Waals surface area contributed by atoms with E-state index in [1.807, 2.05) is 13.8 Å². The molecule has 0 aliphatic carbocycles. The smallest absolute Gasteiger partial charge is 0.239 e. The third-order valence-electron chi connectivity index (χ3n) is 3.58. The summed E-state index contributed by atoms with van der Waals surface area (Å²) < 4.78 is 0. The Morgan fingerprint density at radius 3 is 2.59 bits per heavy atom. The molecule has 0 bridgehead atoms. The number of aliphatic hydroxyl groups excluding tert-OH is 1. The van der Waals surface area contributed by atoms with Gasteiger partial charge in [0.25, 0.3) is 0 Å². The summed E-state index contributed by atoms with van der Waals surface area (Å²) in [4.78, 5) is 15.9. The summed E-state index contributed by atoms with van der Waals surface area (Å²) in [5.74, 6) is 0.155. The largest absolute Gasteiger partial charge is 0.393 e. The van der Waals surface area contributed by atoms with E-state index in [-0.39, 0.29) is 18.1 Å². The summed E-state index contributed by atoms with van der Waals surface area (Å²) in [6, 6.07) is 0.275. The fraction of sp³-hybridized carbons (Fsp3) is 0.923. The van der Waals surface area contributed by atoms with Crippen LogP contribution in [0.4, 0.5) is 0 Å². The number of aliphatic hydroxyl groups is 1. The third-order valence-corrected chi connectivity index (χ3v) is 3.58. The lowest BCUT2D eigenvalue weighted by atomic mass is 9.95. The Hall–Kier alpha value is -0.610. The molecule has 1 aliphatic rings. The molecule has 0 aromatic rings. The number of likely N-dealkylation sites (tertiary alicyclic amines) is 1. The van der Waals surface area contributed by atoms with Crippen LogP contribution in [0.1, 0.15) is 39.5 Å². The molecule has 100 valence electrons. The molecule has 0 radical (unpaired) electrons. The van der Waals surface area contributed by atoms with E-state index in [1.54, 1.807) is 19.0 Å². The normalized spacial score (nSPS) is 25.4. The highest BCUT2D eigenvalue weighted by Crippen LogP contribution is 2.23. The van der Waals surface area contributed by atoms with Gasteiger partial charge >= 0.3 is 0 Å². The van der Waals surface area contributed by atoms with Gasteiger partial charge in [-0.25, -0.2) is 0 Å². The minimum atomic E-state index is -0.290. The first-order chi connectivity index (χ1) is 7.93. The van der Waals surface area contributed by atoms with E-state index in [1.165, 1.54) is 6.42 Å². The second-order valence-electron chi connectivity index (χ2n) is 5.38. The van der Waals surface area contributed by atoms with E-state index in [9.17, 15) is 9.90 Å². The van der Waals surface area contributed by atoms with E-state index < -0.39 is 0 Å². The molecule has 1 amide bonds. The fourth-order valence-electron chi connectivity index (χ4n) is 2.70. The van der Waals surface area contributed by atoms with Crippen molar-refractivity contribution < 1.29 is 9.90 Å². The summed E-state index contributed by atoms with van der Waals surface area (Å²) >= 11 is 0. The van der Waals surface area contributed by atoms with Crippen LogP contribution < -0.4 is 0 Å². The van der Waals surface area contributed by atoms with Crippen molar-refractivity contribution in [2.45, 2.75) is 57.7 Å². The molecular formula is C13H26N2O2. The second-order valence-corrected chi connectivity index (χ2v) is 5.38. The highest BCUT2D eigenvalue weighted by molar-refractivity contribution is 5.81. The minimum Gasteiger partial charge on any atom is -0.393 e. The first-order valence-corrected chi connectivity index (χ1v) is 6.58. The van der Waals surface area contributed by atoms with Crippen LogP contribution in [0, 0.1) is 0 Å². The third kappa shape index (κ3) is 3.96. The number of carbonyl (C=O) groups is 1. The van der Waals surface area contributed by atoms with Crippen LogP contribution in [-0.2, 0) is 4.79 Å². The highest BCUT2D eigenvalue weighted by atomic mass is 16.3. The zero-order chi connectivity index (χ0) is 13.0. The zero-order valence-corrected chi connectivity index (χ0v) is 11.5. The maximum absolute atomic E-state index is 12.0. The van der Waals surface area contributed by atoms with Gasteiger partial charge in [-0.3, -0.25) is 9.69 Å². The van der Waals surface area contributed by atoms with Crippen molar-refractivity contribution >= 4 is 5.91 Å². The maximum Gasteiger partial charge on any atom is 0.239 e. The lowest BCUT2D eigenvalue weighted by molar-refractivity contribution is -0.135. The lowest BCUT2D eigenvalue weighted by Crippen LogP contribution is -2.52. The molecule has 4 heteroatoms. The second kappa shape index (κ2) is 6.36. The SMILES string of the molecule is CC(O)CC1CCCCN1C(C)C(=O)N(C)C. The number of likely N-dealkylation sites (N-methyl/N-ethyl adjacent to an activating group) is 1. The van der Waals surface area contributed by atoms with Gasteiger partial charge < -0.3 is 10.0 Å². The Bertz CT molecular complexity index is 254. The number of hydrogen-bond acceptors (Lipinski definition) is 3. The first kappa shape index (κ1) is 14.5. The number of nitrogens with zero attached hydrogens (tertiary/aromatic N) is 2. The topological polar surface area (TPSA) is 43.8 Å². The number of amides is 1. The van der Waals surface area contributed by atoms with Gasteiger partial charge in [0.1, 0.15) is 0 Å². The maximum atomic E-state index is 12.0. The van der Waals surface area contributed by atoms with Crippen molar-refractivity contribution in [3.8, 4) is 0 Å². The molecule has 3 unspecified atom stereocenters. The Morgan fingerprint density at radius 2 is 2.06 bits per heavy atom. The van der Waals surface area contributed by atoms with Crippen LogP contribution in [0.15, 0.2) is 0 Å². The fourth-order valence-corrected chi connectivity index (χ4v) is 2.70. The quantitative estimate of drug-likeness (QED) is 0.802. The Labute approximate surface area is 105 Å². The van der Waals surface area contributed by atoms with Gasteiger partial charge in [-0.15, -0.1) is 0 Å². The van der Waals surface area contributed by atoms with Crippen LogP contribution >= 0.6 is 0 Å². The summed E-state index contributed by atoms with van der Waals surface area (Å²) in [7, 11) is 3.60. The Balaban J connectivity index is 2.66. The van der Waals surface area contributed by atoms with E-state index in [4.69, 9.17) is 0 Å². The summed E-state index contributed by atoms with van der Waals surface area (Å²) in [5, 5.41) is 9.53. The number of rotatable bonds is 4. The molecule has 1 heterocycles. The molecule has 1 aliphatic heterocycles. The lowest BCUT2D eigenvalue weighted by Gasteiger charge is -2.40. The molecule has 1 saturated heterocycles. The molecule has 0 spiro atoms.